The summed E-state index contributed by atoms with van der Waals surface area (Å²) in [6.07, 6.45) is 8.09. The number of benzene rings is 1. The van der Waals surface area contributed by atoms with Gasteiger partial charge >= 0.3 is 6.03 Å². The molecule has 0 radical (unpaired) electrons. The van der Waals surface area contributed by atoms with Gasteiger partial charge in [0.05, 0.1) is 6.10 Å². The number of terminal acetylenes is 1. The molecule has 5 nitrogen and oxygen atoms in total. The molecule has 2 amide bonds. The van der Waals surface area contributed by atoms with E-state index in [1.165, 1.54) is 6.42 Å². The molecule has 1 N–H and O–H groups in total. The smallest absolute Gasteiger partial charge is 0.321 e. The van der Waals surface area contributed by atoms with E-state index in [9.17, 15) is 4.79 Å². The van der Waals surface area contributed by atoms with E-state index in [1.807, 2.05) is 29.2 Å². The minimum absolute atomic E-state index is 0.0593. The molecule has 2 aliphatic rings. The second-order valence-corrected chi connectivity index (χ2v) is 6.08. The van der Waals surface area contributed by atoms with Crippen molar-refractivity contribution >= 4 is 11.7 Å². The molecule has 1 unspecified atom stereocenters. The minimum Gasteiger partial charge on any atom is -0.377 e. The molecule has 2 fully saturated rings. The summed E-state index contributed by atoms with van der Waals surface area (Å²) in [5.74, 6) is 2.58. The van der Waals surface area contributed by atoms with Crippen molar-refractivity contribution in [1.29, 1.82) is 0 Å². The lowest BCUT2D eigenvalue weighted by atomic mass is 10.2. The van der Waals surface area contributed by atoms with Crippen molar-refractivity contribution in [2.75, 3.05) is 44.6 Å². The molecule has 0 aliphatic carbocycles. The summed E-state index contributed by atoms with van der Waals surface area (Å²) in [5, 5.41) is 2.92. The Morgan fingerprint density at radius 2 is 2.17 bits per heavy atom. The molecule has 122 valence electrons. The average Bonchev–Trinajstić information content (AvgIpc) is 3.08. The highest BCUT2D eigenvalue weighted by Crippen LogP contribution is 2.15. The first-order valence-electron chi connectivity index (χ1n) is 8.21. The number of nitrogens with one attached hydrogen (secondary N) is 1. The lowest BCUT2D eigenvalue weighted by Gasteiger charge is -2.35. The number of hydrogen-bond donors (Lipinski definition) is 1. The lowest BCUT2D eigenvalue weighted by molar-refractivity contribution is 0.0572. The first-order chi connectivity index (χ1) is 11.2. The first-order valence-corrected chi connectivity index (χ1v) is 8.21. The Hall–Kier alpha value is -2.03. The highest BCUT2D eigenvalue weighted by molar-refractivity contribution is 5.89. The van der Waals surface area contributed by atoms with Crippen molar-refractivity contribution in [2.45, 2.75) is 18.9 Å². The Morgan fingerprint density at radius 1 is 1.35 bits per heavy atom. The number of carbonyl (C=O) groups is 1. The van der Waals surface area contributed by atoms with Gasteiger partial charge in [-0.25, -0.2) is 4.79 Å². The van der Waals surface area contributed by atoms with E-state index in [4.69, 9.17) is 11.2 Å². The number of carbonyl (C=O) groups excluding carboxylic acids is 1. The molecule has 2 heterocycles. The van der Waals surface area contributed by atoms with Gasteiger partial charge in [-0.3, -0.25) is 4.90 Å². The quantitative estimate of drug-likeness (QED) is 0.868. The maximum absolute atomic E-state index is 12.3. The molecular formula is C18H23N3O2. The molecule has 1 atom stereocenters. The predicted octanol–water partition coefficient (Wildman–Crippen LogP) is 2.00. The third-order valence-electron chi connectivity index (χ3n) is 4.43. The lowest BCUT2D eigenvalue weighted by Crippen LogP contribution is -2.51. The van der Waals surface area contributed by atoms with Crippen LogP contribution in [0.1, 0.15) is 18.4 Å². The molecule has 1 aromatic carbocycles. The summed E-state index contributed by atoms with van der Waals surface area (Å²) in [7, 11) is 0. The van der Waals surface area contributed by atoms with Gasteiger partial charge in [-0.1, -0.05) is 12.0 Å². The third-order valence-corrected chi connectivity index (χ3v) is 4.43. The molecule has 0 spiro atoms. The summed E-state index contributed by atoms with van der Waals surface area (Å²) < 4.78 is 5.68. The summed E-state index contributed by atoms with van der Waals surface area (Å²) in [6.45, 7) is 5.17. The standard InChI is InChI=1S/C18H23N3O2/c1-2-15-5-3-6-16(13-15)19-18(22)21-10-8-20(9-11-21)14-17-7-4-12-23-17/h1,3,5-6,13,17H,4,7-12,14H2,(H,19,22). The van der Waals surface area contributed by atoms with Crippen LogP contribution in [0.5, 0.6) is 0 Å². The second kappa shape index (κ2) is 7.49. The second-order valence-electron chi connectivity index (χ2n) is 6.08. The van der Waals surface area contributed by atoms with Crippen LogP contribution < -0.4 is 5.32 Å². The van der Waals surface area contributed by atoms with Crippen LogP contribution in [0, 0.1) is 12.3 Å². The van der Waals surface area contributed by atoms with Crippen LogP contribution >= 0.6 is 0 Å². The van der Waals surface area contributed by atoms with E-state index >= 15 is 0 Å². The molecular weight excluding hydrogens is 290 g/mol. The van der Waals surface area contributed by atoms with Crippen LogP contribution in [0.3, 0.4) is 0 Å². The third kappa shape index (κ3) is 4.25. The summed E-state index contributed by atoms with van der Waals surface area (Å²) in [6, 6.07) is 7.30. The number of amides is 2. The number of nitrogens with zero attached hydrogens (tertiary/aromatic N) is 2. The minimum atomic E-state index is -0.0593. The zero-order valence-electron chi connectivity index (χ0n) is 13.3. The summed E-state index contributed by atoms with van der Waals surface area (Å²) in [4.78, 5) is 16.6. The highest BCUT2D eigenvalue weighted by atomic mass is 16.5. The van der Waals surface area contributed by atoms with Gasteiger partial charge < -0.3 is 15.0 Å². The van der Waals surface area contributed by atoms with Gasteiger partial charge in [-0.2, -0.15) is 0 Å². The monoisotopic (exact) mass is 313 g/mol. The zero-order valence-corrected chi connectivity index (χ0v) is 13.3. The SMILES string of the molecule is C#Cc1cccc(NC(=O)N2CCN(CC3CCCO3)CC2)c1. The van der Waals surface area contributed by atoms with Crippen molar-refractivity contribution in [3.63, 3.8) is 0 Å². The molecule has 5 heteroatoms. The Bertz CT molecular complexity index is 582. The molecule has 3 rings (SSSR count). The van der Waals surface area contributed by atoms with Gasteiger partial charge in [0.25, 0.3) is 0 Å². The Kier molecular flexibility index (Phi) is 5.16. The highest BCUT2D eigenvalue weighted by Gasteiger charge is 2.24. The van der Waals surface area contributed by atoms with Crippen molar-refractivity contribution in [1.82, 2.24) is 9.80 Å². The Morgan fingerprint density at radius 3 is 2.87 bits per heavy atom. The van der Waals surface area contributed by atoms with Crippen molar-refractivity contribution in [3.8, 4) is 12.3 Å². The van der Waals surface area contributed by atoms with E-state index in [0.29, 0.717) is 6.10 Å². The fraction of sp³-hybridized carbons (Fsp3) is 0.500. The van der Waals surface area contributed by atoms with Crippen LogP contribution in [0.4, 0.5) is 10.5 Å². The summed E-state index contributed by atoms with van der Waals surface area (Å²) >= 11 is 0. The molecule has 0 saturated carbocycles. The molecule has 1 aromatic rings. The number of piperazine rings is 1. The maximum atomic E-state index is 12.3. The van der Waals surface area contributed by atoms with Gasteiger partial charge in [0, 0.05) is 50.6 Å². The van der Waals surface area contributed by atoms with Gasteiger partial charge in [-0.15, -0.1) is 6.42 Å². The first kappa shape index (κ1) is 15.9. The number of anilines is 1. The molecule has 0 bridgehead atoms. The normalized spacial score (nSPS) is 21.9. The topological polar surface area (TPSA) is 44.8 Å². The Labute approximate surface area is 137 Å². The number of urea groups is 1. The molecule has 0 aromatic heterocycles. The Balaban J connectivity index is 1.47. The van der Waals surface area contributed by atoms with E-state index < -0.39 is 0 Å². The van der Waals surface area contributed by atoms with Crippen LogP contribution in [0.2, 0.25) is 0 Å². The average molecular weight is 313 g/mol. The molecule has 2 aliphatic heterocycles. The zero-order chi connectivity index (χ0) is 16.1. The largest absolute Gasteiger partial charge is 0.377 e. The maximum Gasteiger partial charge on any atom is 0.321 e. The van der Waals surface area contributed by atoms with Crippen molar-refractivity contribution in [2.24, 2.45) is 0 Å². The number of hydrogen-bond acceptors (Lipinski definition) is 3. The van der Waals surface area contributed by atoms with E-state index in [1.54, 1.807) is 0 Å². The fourth-order valence-corrected chi connectivity index (χ4v) is 3.10. The van der Waals surface area contributed by atoms with Crippen molar-refractivity contribution < 1.29 is 9.53 Å². The van der Waals surface area contributed by atoms with Crippen molar-refractivity contribution in [3.05, 3.63) is 29.8 Å². The van der Waals surface area contributed by atoms with Gasteiger partial charge in [0.15, 0.2) is 0 Å². The van der Waals surface area contributed by atoms with Gasteiger partial charge in [-0.05, 0) is 31.0 Å². The molecule has 23 heavy (non-hydrogen) atoms. The van der Waals surface area contributed by atoms with Crippen LogP contribution in [0.25, 0.3) is 0 Å². The van der Waals surface area contributed by atoms with Gasteiger partial charge in [0.1, 0.15) is 0 Å². The van der Waals surface area contributed by atoms with E-state index in [2.05, 4.69) is 16.1 Å². The van der Waals surface area contributed by atoms with Crippen LogP contribution in [-0.4, -0.2) is 61.3 Å². The van der Waals surface area contributed by atoms with E-state index in [-0.39, 0.29) is 6.03 Å². The number of ether oxygens (including phenoxy) is 1. The number of rotatable bonds is 3. The van der Waals surface area contributed by atoms with E-state index in [0.717, 1.165) is 57.0 Å². The molecule has 2 saturated heterocycles. The summed E-state index contributed by atoms with van der Waals surface area (Å²) in [5.41, 5.74) is 1.51. The van der Waals surface area contributed by atoms with Gasteiger partial charge in [0.2, 0.25) is 0 Å². The fourth-order valence-electron chi connectivity index (χ4n) is 3.10. The van der Waals surface area contributed by atoms with Crippen LogP contribution in [-0.2, 0) is 4.74 Å². The predicted molar refractivity (Wildman–Crippen MR) is 90.4 cm³/mol. The van der Waals surface area contributed by atoms with Crippen LogP contribution in [0.15, 0.2) is 24.3 Å².